The first-order valence-corrected chi connectivity index (χ1v) is 5.52. The van der Waals surface area contributed by atoms with Crippen LogP contribution in [0.4, 0.5) is 5.69 Å². The van der Waals surface area contributed by atoms with Crippen molar-refractivity contribution in [2.45, 2.75) is 0 Å². The molecule has 0 saturated heterocycles. The minimum Gasteiger partial charge on any atom is -0.465 e. The predicted octanol–water partition coefficient (Wildman–Crippen LogP) is -0.513. The van der Waals surface area contributed by atoms with Gasteiger partial charge in [-0.1, -0.05) is 0 Å². The summed E-state index contributed by atoms with van der Waals surface area (Å²) < 4.78 is 4.55. The second kappa shape index (κ2) is 7.12. The molecule has 7 heteroatoms. The van der Waals surface area contributed by atoms with Crippen molar-refractivity contribution in [3.05, 3.63) is 29.8 Å². The lowest BCUT2D eigenvalue weighted by atomic mass is 10.2. The number of nitrogens with one attached hydrogen (secondary N) is 2. The SMILES string of the molecule is COC(=O)c1ccc(NC(=O)CNC(=O)CN)cc1. The lowest BCUT2D eigenvalue weighted by molar-refractivity contribution is -0.123. The number of amides is 2. The molecular formula is C12H15N3O4. The van der Waals surface area contributed by atoms with E-state index in [1.165, 1.54) is 19.2 Å². The van der Waals surface area contributed by atoms with Crippen molar-refractivity contribution in [1.82, 2.24) is 5.32 Å². The fraction of sp³-hybridized carbons (Fsp3) is 0.250. The molecule has 4 N–H and O–H groups in total. The second-order valence-electron chi connectivity index (χ2n) is 3.60. The zero-order valence-electron chi connectivity index (χ0n) is 10.4. The van der Waals surface area contributed by atoms with Gasteiger partial charge in [0.05, 0.1) is 25.8 Å². The Hall–Kier alpha value is -2.41. The Bertz CT molecular complexity index is 470. The molecule has 0 spiro atoms. The Morgan fingerprint density at radius 1 is 1.16 bits per heavy atom. The number of methoxy groups -OCH3 is 1. The number of carbonyl (C=O) groups excluding carboxylic acids is 3. The first kappa shape index (κ1) is 14.7. The van der Waals surface area contributed by atoms with E-state index in [1.54, 1.807) is 12.1 Å². The summed E-state index contributed by atoms with van der Waals surface area (Å²) in [6.45, 7) is -0.324. The number of rotatable bonds is 5. The molecule has 0 heterocycles. The summed E-state index contributed by atoms with van der Waals surface area (Å²) in [6.07, 6.45) is 0. The standard InChI is InChI=1S/C12H15N3O4/c1-19-12(18)8-2-4-9(5-3-8)15-11(17)7-14-10(16)6-13/h2-5H,6-7,13H2,1H3,(H,14,16)(H,15,17). The van der Waals surface area contributed by atoms with Crippen molar-refractivity contribution in [3.8, 4) is 0 Å². The van der Waals surface area contributed by atoms with Crippen LogP contribution >= 0.6 is 0 Å². The summed E-state index contributed by atoms with van der Waals surface area (Å²) in [5.74, 6) is -1.24. The highest BCUT2D eigenvalue weighted by Crippen LogP contribution is 2.10. The molecule has 0 aliphatic heterocycles. The van der Waals surface area contributed by atoms with Crippen LogP contribution in [0.2, 0.25) is 0 Å². The molecule has 1 aromatic carbocycles. The fourth-order valence-electron chi connectivity index (χ4n) is 1.26. The van der Waals surface area contributed by atoms with Crippen LogP contribution in [0, 0.1) is 0 Å². The van der Waals surface area contributed by atoms with Crippen LogP contribution < -0.4 is 16.4 Å². The Labute approximate surface area is 110 Å². The quantitative estimate of drug-likeness (QED) is 0.621. The van der Waals surface area contributed by atoms with Crippen molar-refractivity contribution < 1.29 is 19.1 Å². The summed E-state index contributed by atoms with van der Waals surface area (Å²) in [7, 11) is 1.29. The van der Waals surface area contributed by atoms with Gasteiger partial charge in [-0.15, -0.1) is 0 Å². The minimum absolute atomic E-state index is 0.158. The van der Waals surface area contributed by atoms with E-state index in [9.17, 15) is 14.4 Å². The third-order valence-electron chi connectivity index (χ3n) is 2.22. The maximum Gasteiger partial charge on any atom is 0.337 e. The zero-order chi connectivity index (χ0) is 14.3. The summed E-state index contributed by atoms with van der Waals surface area (Å²) >= 11 is 0. The molecule has 0 aliphatic carbocycles. The molecule has 102 valence electrons. The number of hydrogen-bond acceptors (Lipinski definition) is 5. The number of carbonyl (C=O) groups is 3. The number of benzene rings is 1. The van der Waals surface area contributed by atoms with E-state index in [0.29, 0.717) is 11.3 Å². The molecule has 0 unspecified atom stereocenters. The minimum atomic E-state index is -0.451. The fourth-order valence-corrected chi connectivity index (χ4v) is 1.26. The Balaban J connectivity index is 2.51. The molecule has 2 amide bonds. The van der Waals surface area contributed by atoms with Gasteiger partial charge >= 0.3 is 5.97 Å². The molecule has 0 aliphatic rings. The van der Waals surface area contributed by atoms with Gasteiger partial charge in [0.15, 0.2) is 0 Å². The number of hydrogen-bond donors (Lipinski definition) is 3. The summed E-state index contributed by atoms with van der Waals surface area (Å²) in [5, 5.41) is 4.90. The van der Waals surface area contributed by atoms with E-state index < -0.39 is 11.9 Å². The van der Waals surface area contributed by atoms with Gasteiger partial charge in [0.2, 0.25) is 11.8 Å². The van der Waals surface area contributed by atoms with Crippen molar-refractivity contribution >= 4 is 23.5 Å². The average molecular weight is 265 g/mol. The average Bonchev–Trinajstić information content (AvgIpc) is 2.44. The molecule has 0 fully saturated rings. The third kappa shape index (κ3) is 4.76. The van der Waals surface area contributed by atoms with Crippen LogP contribution in [0.5, 0.6) is 0 Å². The van der Waals surface area contributed by atoms with Gasteiger partial charge in [-0.2, -0.15) is 0 Å². The highest BCUT2D eigenvalue weighted by atomic mass is 16.5. The maximum atomic E-state index is 11.4. The normalized spacial score (nSPS) is 9.58. The van der Waals surface area contributed by atoms with Crippen molar-refractivity contribution in [2.24, 2.45) is 5.73 Å². The van der Waals surface area contributed by atoms with E-state index in [4.69, 9.17) is 5.73 Å². The van der Waals surface area contributed by atoms with Crippen LogP contribution in [0.15, 0.2) is 24.3 Å². The molecule has 0 saturated carbocycles. The van der Waals surface area contributed by atoms with E-state index in [1.807, 2.05) is 0 Å². The van der Waals surface area contributed by atoms with Crippen LogP contribution in [-0.4, -0.2) is 38.0 Å². The lowest BCUT2D eigenvalue weighted by Gasteiger charge is -2.06. The molecule has 19 heavy (non-hydrogen) atoms. The molecule has 0 aromatic heterocycles. The Morgan fingerprint density at radius 2 is 1.79 bits per heavy atom. The summed E-state index contributed by atoms with van der Waals surface area (Å²) in [5.41, 5.74) is 5.98. The van der Waals surface area contributed by atoms with Gasteiger partial charge in [-0.25, -0.2) is 4.79 Å². The van der Waals surface area contributed by atoms with Crippen LogP contribution in [0.25, 0.3) is 0 Å². The maximum absolute atomic E-state index is 11.4. The second-order valence-corrected chi connectivity index (χ2v) is 3.60. The van der Waals surface area contributed by atoms with Gasteiger partial charge in [-0.3, -0.25) is 9.59 Å². The summed E-state index contributed by atoms with van der Waals surface area (Å²) in [6, 6.07) is 6.18. The molecule has 1 aromatic rings. The van der Waals surface area contributed by atoms with Crippen LogP contribution in [0.3, 0.4) is 0 Å². The van der Waals surface area contributed by atoms with E-state index in [-0.39, 0.29) is 19.0 Å². The van der Waals surface area contributed by atoms with E-state index in [2.05, 4.69) is 15.4 Å². The highest BCUT2D eigenvalue weighted by molar-refractivity contribution is 5.95. The Kier molecular flexibility index (Phi) is 5.49. The van der Waals surface area contributed by atoms with Crippen molar-refractivity contribution in [3.63, 3.8) is 0 Å². The first-order chi connectivity index (χ1) is 9.06. The highest BCUT2D eigenvalue weighted by Gasteiger charge is 2.07. The van der Waals surface area contributed by atoms with Crippen molar-refractivity contribution in [2.75, 3.05) is 25.5 Å². The number of ether oxygens (including phenoxy) is 1. The van der Waals surface area contributed by atoms with E-state index >= 15 is 0 Å². The predicted molar refractivity (Wildman–Crippen MR) is 68.5 cm³/mol. The molecule has 0 bridgehead atoms. The van der Waals surface area contributed by atoms with Gasteiger partial charge in [0.1, 0.15) is 0 Å². The van der Waals surface area contributed by atoms with Gasteiger partial charge in [0, 0.05) is 5.69 Å². The monoisotopic (exact) mass is 265 g/mol. The zero-order valence-corrected chi connectivity index (χ0v) is 10.4. The molecule has 1 rings (SSSR count). The van der Waals surface area contributed by atoms with Gasteiger partial charge in [-0.05, 0) is 24.3 Å². The smallest absolute Gasteiger partial charge is 0.337 e. The topological polar surface area (TPSA) is 111 Å². The van der Waals surface area contributed by atoms with Gasteiger partial charge in [0.25, 0.3) is 0 Å². The van der Waals surface area contributed by atoms with Crippen LogP contribution in [0.1, 0.15) is 10.4 Å². The number of esters is 1. The van der Waals surface area contributed by atoms with E-state index in [0.717, 1.165) is 0 Å². The lowest BCUT2D eigenvalue weighted by Crippen LogP contribution is -2.36. The molecule has 7 nitrogen and oxygen atoms in total. The third-order valence-corrected chi connectivity index (χ3v) is 2.22. The van der Waals surface area contributed by atoms with Gasteiger partial charge < -0.3 is 21.1 Å². The Morgan fingerprint density at radius 3 is 2.32 bits per heavy atom. The molecule has 0 radical (unpaired) electrons. The largest absolute Gasteiger partial charge is 0.465 e. The molecular weight excluding hydrogens is 250 g/mol. The van der Waals surface area contributed by atoms with Crippen molar-refractivity contribution in [1.29, 1.82) is 0 Å². The summed E-state index contributed by atoms with van der Waals surface area (Å²) in [4.78, 5) is 33.5. The number of anilines is 1. The molecule has 0 atom stereocenters. The van der Waals surface area contributed by atoms with Crippen LogP contribution in [-0.2, 0) is 14.3 Å². The number of nitrogens with two attached hydrogens (primary N) is 1. The first-order valence-electron chi connectivity index (χ1n) is 5.52.